The SMILES string of the molecule is Cc1ccc2c(c1)sc1[n+]2CCC2OC3CCN4C(=C3C=C12)C(C)(CCCCS(=O)(=O)O)c1ccccc14. The molecule has 3 aromatic rings. The fraction of sp³-hybridized carbons (Fsp3) is 0.433. The van der Waals surface area contributed by atoms with Gasteiger partial charge in [0.15, 0.2) is 6.54 Å². The van der Waals surface area contributed by atoms with Gasteiger partial charge in [0, 0.05) is 41.4 Å². The van der Waals surface area contributed by atoms with Crippen molar-refractivity contribution < 1.29 is 22.3 Å². The van der Waals surface area contributed by atoms with Crippen molar-refractivity contribution in [3.8, 4) is 0 Å². The van der Waals surface area contributed by atoms with E-state index in [4.69, 9.17) is 4.74 Å². The van der Waals surface area contributed by atoms with Crippen LogP contribution in [0.4, 0.5) is 5.69 Å². The first kappa shape index (κ1) is 24.5. The number of benzene rings is 2. The highest BCUT2D eigenvalue weighted by atomic mass is 32.2. The van der Waals surface area contributed by atoms with E-state index in [1.165, 1.54) is 48.9 Å². The van der Waals surface area contributed by atoms with Crippen LogP contribution in [0, 0.1) is 6.92 Å². The summed E-state index contributed by atoms with van der Waals surface area (Å²) in [6, 6.07) is 15.4. The maximum atomic E-state index is 11.4. The maximum Gasteiger partial charge on any atom is 0.268 e. The summed E-state index contributed by atoms with van der Waals surface area (Å²) >= 11 is 1.87. The molecule has 6 nitrogen and oxygen atoms in total. The summed E-state index contributed by atoms with van der Waals surface area (Å²) in [6.45, 7) is 6.34. The molecule has 3 unspecified atom stereocenters. The van der Waals surface area contributed by atoms with E-state index < -0.39 is 10.1 Å². The lowest BCUT2D eigenvalue weighted by molar-refractivity contribution is -0.674. The largest absolute Gasteiger partial charge is 0.365 e. The van der Waals surface area contributed by atoms with Gasteiger partial charge in [-0.05, 0) is 62.4 Å². The third kappa shape index (κ3) is 3.79. The van der Waals surface area contributed by atoms with E-state index >= 15 is 0 Å². The molecule has 8 heteroatoms. The summed E-state index contributed by atoms with van der Waals surface area (Å²) in [7, 11) is -3.95. The van der Waals surface area contributed by atoms with Crippen molar-refractivity contribution in [1.29, 1.82) is 0 Å². The molecule has 0 saturated heterocycles. The lowest BCUT2D eigenvalue weighted by Gasteiger charge is -2.42. The molecule has 1 aromatic heterocycles. The van der Waals surface area contributed by atoms with Crippen molar-refractivity contribution in [2.75, 3.05) is 17.2 Å². The van der Waals surface area contributed by atoms with Crippen molar-refractivity contribution in [2.45, 2.75) is 70.1 Å². The van der Waals surface area contributed by atoms with Gasteiger partial charge < -0.3 is 9.64 Å². The van der Waals surface area contributed by atoms with Crippen molar-refractivity contribution >= 4 is 42.9 Å². The molecule has 0 bridgehead atoms. The predicted octanol–water partition coefficient (Wildman–Crippen LogP) is 5.55. The topological polar surface area (TPSA) is 70.7 Å². The molecule has 5 heterocycles. The second-order valence-corrected chi connectivity index (χ2v) is 14.0. The molecule has 0 radical (unpaired) electrons. The molecule has 0 saturated carbocycles. The monoisotopic (exact) mass is 549 g/mol. The Bertz CT molecular complexity index is 1640. The first-order chi connectivity index (χ1) is 18.2. The minimum absolute atomic E-state index is 0.0737. The molecular weight excluding hydrogens is 516 g/mol. The fourth-order valence-electron chi connectivity index (χ4n) is 7.13. The minimum atomic E-state index is -3.95. The van der Waals surface area contributed by atoms with Gasteiger partial charge in [-0.25, -0.2) is 0 Å². The molecule has 2 aromatic carbocycles. The molecule has 0 aliphatic carbocycles. The number of ether oxygens (including phenoxy) is 1. The summed E-state index contributed by atoms with van der Waals surface area (Å²) in [5.41, 5.74) is 8.76. The quantitative estimate of drug-likeness (QED) is 0.257. The Balaban J connectivity index is 1.36. The number of para-hydroxylation sites is 1. The lowest BCUT2D eigenvalue weighted by Crippen LogP contribution is -2.48. The number of hydrogen-bond donors (Lipinski definition) is 1. The van der Waals surface area contributed by atoms with Crippen LogP contribution in [0.1, 0.15) is 55.2 Å². The van der Waals surface area contributed by atoms with E-state index in [0.717, 1.165) is 38.8 Å². The molecule has 0 fully saturated rings. The average molecular weight is 550 g/mol. The zero-order valence-corrected chi connectivity index (χ0v) is 23.4. The molecule has 38 heavy (non-hydrogen) atoms. The van der Waals surface area contributed by atoms with Crippen LogP contribution in [0.3, 0.4) is 0 Å². The number of aryl methyl sites for hydroxylation is 2. The van der Waals surface area contributed by atoms with Gasteiger partial charge in [0.05, 0.1) is 23.5 Å². The number of rotatable bonds is 5. The van der Waals surface area contributed by atoms with Crippen LogP contribution in [0.2, 0.25) is 0 Å². The lowest BCUT2D eigenvalue weighted by atomic mass is 9.74. The number of unbranched alkanes of at least 4 members (excludes halogenated alkanes) is 1. The third-order valence-corrected chi connectivity index (χ3v) is 10.9. The summed E-state index contributed by atoms with van der Waals surface area (Å²) in [6.07, 6.45) is 6.56. The van der Waals surface area contributed by atoms with E-state index in [1.54, 1.807) is 0 Å². The Hall–Kier alpha value is -2.52. The standard InChI is InChI=1S/C30H32N2O4S2/c1-19-9-10-24-27(17-19)37-29-21-18-20-25(36-26(21)12-15-32(24)29)11-14-31-23-8-4-3-7-22(23)30(2,28(20)31)13-5-6-16-38(33,34)35/h3-4,7-10,17-18,25-26H,5-6,11-16H2,1-2H3/p+1. The number of allylic oxidation sites excluding steroid dienone is 1. The zero-order valence-electron chi connectivity index (χ0n) is 21.8. The molecule has 4 aliphatic heterocycles. The number of fused-ring (bicyclic) bond motifs is 9. The van der Waals surface area contributed by atoms with Gasteiger partial charge in [-0.2, -0.15) is 13.0 Å². The fourth-order valence-corrected chi connectivity index (χ4v) is 9.05. The summed E-state index contributed by atoms with van der Waals surface area (Å²) in [5.74, 6) is -0.191. The Kier molecular flexibility index (Phi) is 5.64. The van der Waals surface area contributed by atoms with E-state index in [9.17, 15) is 13.0 Å². The first-order valence-electron chi connectivity index (χ1n) is 13.6. The van der Waals surface area contributed by atoms with Crippen molar-refractivity contribution in [2.24, 2.45) is 0 Å². The molecule has 198 valence electrons. The van der Waals surface area contributed by atoms with Gasteiger partial charge in [-0.15, -0.1) is 0 Å². The highest BCUT2D eigenvalue weighted by molar-refractivity contribution is 7.85. The average Bonchev–Trinajstić information content (AvgIpc) is 3.38. The van der Waals surface area contributed by atoms with Crippen molar-refractivity contribution in [3.63, 3.8) is 0 Å². The van der Waals surface area contributed by atoms with Crippen LogP contribution < -0.4 is 9.47 Å². The van der Waals surface area contributed by atoms with E-state index in [2.05, 4.69) is 71.9 Å². The second-order valence-electron chi connectivity index (χ2n) is 11.4. The molecule has 0 spiro atoms. The molecule has 0 amide bonds. The molecule has 3 atom stereocenters. The molecule has 1 N–H and O–H groups in total. The maximum absolute atomic E-state index is 11.4. The van der Waals surface area contributed by atoms with Gasteiger partial charge in [0.2, 0.25) is 5.52 Å². The van der Waals surface area contributed by atoms with E-state index in [-0.39, 0.29) is 23.4 Å². The summed E-state index contributed by atoms with van der Waals surface area (Å²) in [5, 5.41) is 1.30. The summed E-state index contributed by atoms with van der Waals surface area (Å²) in [4.78, 5) is 2.48. The van der Waals surface area contributed by atoms with Crippen LogP contribution in [0.5, 0.6) is 0 Å². The van der Waals surface area contributed by atoms with Gasteiger partial charge in [-0.1, -0.05) is 42.0 Å². The highest BCUT2D eigenvalue weighted by Crippen LogP contribution is 2.55. The van der Waals surface area contributed by atoms with Crippen molar-refractivity contribution in [1.82, 2.24) is 0 Å². The molecule has 4 aliphatic rings. The minimum Gasteiger partial charge on any atom is -0.365 e. The smallest absolute Gasteiger partial charge is 0.268 e. The Morgan fingerprint density at radius 1 is 1.16 bits per heavy atom. The van der Waals surface area contributed by atoms with Gasteiger partial charge in [0.1, 0.15) is 4.70 Å². The van der Waals surface area contributed by atoms with Crippen LogP contribution >= 0.6 is 11.3 Å². The zero-order chi connectivity index (χ0) is 26.2. The third-order valence-electron chi connectivity index (χ3n) is 8.85. The Morgan fingerprint density at radius 2 is 2.00 bits per heavy atom. The molecule has 7 rings (SSSR count). The number of nitrogens with zero attached hydrogens (tertiary/aromatic N) is 2. The number of thiazole rings is 1. The van der Waals surface area contributed by atoms with Crippen LogP contribution in [-0.2, 0) is 26.8 Å². The first-order valence-corrected chi connectivity index (χ1v) is 16.0. The van der Waals surface area contributed by atoms with Crippen LogP contribution in [0.25, 0.3) is 15.8 Å². The van der Waals surface area contributed by atoms with Crippen LogP contribution in [0.15, 0.2) is 59.8 Å². The highest BCUT2D eigenvalue weighted by Gasteiger charge is 2.50. The van der Waals surface area contributed by atoms with Gasteiger partial charge in [-0.3, -0.25) is 4.55 Å². The van der Waals surface area contributed by atoms with Crippen LogP contribution in [-0.4, -0.2) is 37.5 Å². The number of aromatic nitrogens is 1. The van der Waals surface area contributed by atoms with E-state index in [1.807, 2.05) is 11.3 Å². The van der Waals surface area contributed by atoms with Crippen molar-refractivity contribution in [3.05, 3.63) is 75.9 Å². The number of hydrogen-bond acceptors (Lipinski definition) is 5. The molecular formula is C30H33N2O4S2+. The van der Waals surface area contributed by atoms with Gasteiger partial charge >= 0.3 is 0 Å². The Morgan fingerprint density at radius 3 is 2.84 bits per heavy atom. The second kappa shape index (κ2) is 8.74. The normalized spacial score (nSPS) is 26.0. The number of anilines is 1. The Labute approximate surface area is 228 Å². The predicted molar refractivity (Wildman–Crippen MR) is 151 cm³/mol. The van der Waals surface area contributed by atoms with E-state index in [0.29, 0.717) is 6.42 Å². The summed E-state index contributed by atoms with van der Waals surface area (Å²) < 4.78 is 42.6. The van der Waals surface area contributed by atoms with Gasteiger partial charge in [0.25, 0.3) is 15.1 Å².